The molecule has 0 bridgehead atoms. The van der Waals surface area contributed by atoms with E-state index >= 15 is 0 Å². The van der Waals surface area contributed by atoms with Crippen molar-refractivity contribution in [2.45, 2.75) is 37.1 Å². The molecule has 8 nitrogen and oxygen atoms in total. The van der Waals surface area contributed by atoms with Gasteiger partial charge in [-0.3, -0.25) is 10.1 Å². The first-order chi connectivity index (χ1) is 9.34. The molecule has 0 radical (unpaired) electrons. The van der Waals surface area contributed by atoms with Crippen LogP contribution in [0.4, 0.5) is 11.5 Å². The van der Waals surface area contributed by atoms with Crippen LogP contribution in [-0.4, -0.2) is 35.2 Å². The van der Waals surface area contributed by atoms with E-state index in [1.54, 1.807) is 0 Å². The maximum atomic E-state index is 12.5. The van der Waals surface area contributed by atoms with E-state index < -0.39 is 20.6 Å². The minimum atomic E-state index is -3.77. The van der Waals surface area contributed by atoms with Gasteiger partial charge in [-0.05, 0) is 19.8 Å². The van der Waals surface area contributed by atoms with Crippen LogP contribution in [0, 0.1) is 10.1 Å². The first kappa shape index (κ1) is 14.7. The van der Waals surface area contributed by atoms with Gasteiger partial charge in [0, 0.05) is 24.8 Å². The molecule has 1 atom stereocenters. The molecule has 9 heteroatoms. The number of rotatable bonds is 3. The molecule has 110 valence electrons. The summed E-state index contributed by atoms with van der Waals surface area (Å²) < 4.78 is 26.4. The number of anilines is 1. The summed E-state index contributed by atoms with van der Waals surface area (Å²) in [6, 6.07) is 0.851. The van der Waals surface area contributed by atoms with Crippen LogP contribution in [0.3, 0.4) is 0 Å². The van der Waals surface area contributed by atoms with Gasteiger partial charge in [0.15, 0.2) is 0 Å². The highest BCUT2D eigenvalue weighted by atomic mass is 32.2. The molecule has 20 heavy (non-hydrogen) atoms. The number of hydrogen-bond donors (Lipinski definition) is 1. The lowest BCUT2D eigenvalue weighted by Gasteiger charge is -2.32. The van der Waals surface area contributed by atoms with Gasteiger partial charge in [-0.15, -0.1) is 0 Å². The smallest absolute Gasteiger partial charge is 0.312 e. The third-order valence-electron chi connectivity index (χ3n) is 3.42. The van der Waals surface area contributed by atoms with Gasteiger partial charge in [-0.25, -0.2) is 13.4 Å². The van der Waals surface area contributed by atoms with Gasteiger partial charge in [0.2, 0.25) is 15.8 Å². The first-order valence-corrected chi connectivity index (χ1v) is 7.70. The highest BCUT2D eigenvalue weighted by Gasteiger charge is 2.32. The van der Waals surface area contributed by atoms with E-state index in [4.69, 9.17) is 5.73 Å². The van der Waals surface area contributed by atoms with Crippen LogP contribution in [0.15, 0.2) is 17.2 Å². The number of nitrogens with zero attached hydrogens (tertiary/aromatic N) is 3. The van der Waals surface area contributed by atoms with Crippen molar-refractivity contribution >= 4 is 21.5 Å². The van der Waals surface area contributed by atoms with E-state index in [0.29, 0.717) is 6.54 Å². The fraction of sp³-hybridized carbons (Fsp3) is 0.545. The van der Waals surface area contributed by atoms with Gasteiger partial charge in [-0.2, -0.15) is 4.31 Å². The summed E-state index contributed by atoms with van der Waals surface area (Å²) in [6.07, 6.45) is 3.62. The first-order valence-electron chi connectivity index (χ1n) is 6.26. The summed E-state index contributed by atoms with van der Waals surface area (Å²) >= 11 is 0. The lowest BCUT2D eigenvalue weighted by molar-refractivity contribution is -0.384. The number of hydrogen-bond acceptors (Lipinski definition) is 6. The number of piperidine rings is 1. The molecule has 0 spiro atoms. The Balaban J connectivity index is 2.44. The number of pyridine rings is 1. The summed E-state index contributed by atoms with van der Waals surface area (Å²) in [5.74, 6) is -0.291. The van der Waals surface area contributed by atoms with E-state index in [1.807, 2.05) is 6.92 Å². The van der Waals surface area contributed by atoms with Crippen molar-refractivity contribution in [1.29, 1.82) is 0 Å². The molecular formula is C11H16N4O4S. The topological polar surface area (TPSA) is 119 Å². The molecule has 0 aromatic carbocycles. The van der Waals surface area contributed by atoms with E-state index in [9.17, 15) is 18.5 Å². The average molecular weight is 300 g/mol. The van der Waals surface area contributed by atoms with Gasteiger partial charge in [-0.1, -0.05) is 6.42 Å². The van der Waals surface area contributed by atoms with Crippen LogP contribution >= 0.6 is 0 Å². The summed E-state index contributed by atoms with van der Waals surface area (Å²) in [4.78, 5) is 13.5. The van der Waals surface area contributed by atoms with E-state index in [2.05, 4.69) is 4.98 Å². The Bertz CT molecular complexity index is 631. The summed E-state index contributed by atoms with van der Waals surface area (Å²) in [5.41, 5.74) is 4.89. The molecule has 1 saturated heterocycles. The third-order valence-corrected chi connectivity index (χ3v) is 5.40. The normalized spacial score (nSPS) is 20.8. The second-order valence-corrected chi connectivity index (χ2v) is 6.68. The Hall–Kier alpha value is -1.74. The van der Waals surface area contributed by atoms with Crippen LogP contribution in [0.25, 0.3) is 0 Å². The lowest BCUT2D eigenvalue weighted by atomic mass is 10.1. The van der Waals surface area contributed by atoms with Crippen molar-refractivity contribution in [3.05, 3.63) is 22.4 Å². The standard InChI is InChI=1S/C11H16N4O4S/c1-8-4-2-3-5-14(8)20(18,19)9-6-10(15(16)17)11(12)13-7-9/h6-8H,2-5H2,1H3,(H2,12,13). The molecule has 0 amide bonds. The zero-order chi connectivity index (χ0) is 14.9. The van der Waals surface area contributed by atoms with Gasteiger partial charge in [0.05, 0.1) is 4.92 Å². The van der Waals surface area contributed by atoms with Crippen LogP contribution < -0.4 is 5.73 Å². The predicted octanol–water partition coefficient (Wildman–Crippen LogP) is 1.14. The van der Waals surface area contributed by atoms with Gasteiger partial charge >= 0.3 is 5.69 Å². The number of aromatic nitrogens is 1. The summed E-state index contributed by atoms with van der Waals surface area (Å²) in [7, 11) is -3.77. The van der Waals surface area contributed by atoms with Crippen molar-refractivity contribution in [2.75, 3.05) is 12.3 Å². The van der Waals surface area contributed by atoms with Crippen molar-refractivity contribution in [3.8, 4) is 0 Å². The molecule has 1 unspecified atom stereocenters. The Morgan fingerprint density at radius 3 is 2.80 bits per heavy atom. The summed E-state index contributed by atoms with van der Waals surface area (Å²) in [5, 5.41) is 10.8. The minimum Gasteiger partial charge on any atom is -0.378 e. The lowest BCUT2D eigenvalue weighted by Crippen LogP contribution is -2.41. The van der Waals surface area contributed by atoms with Gasteiger partial charge in [0.25, 0.3) is 0 Å². The largest absolute Gasteiger partial charge is 0.378 e. The Kier molecular flexibility index (Phi) is 3.91. The van der Waals surface area contributed by atoms with Crippen LogP contribution in [-0.2, 0) is 10.0 Å². The van der Waals surface area contributed by atoms with Gasteiger partial charge in [0.1, 0.15) is 4.90 Å². The quantitative estimate of drug-likeness (QED) is 0.660. The van der Waals surface area contributed by atoms with Crippen molar-refractivity contribution in [1.82, 2.24) is 9.29 Å². The van der Waals surface area contributed by atoms with E-state index in [0.717, 1.165) is 31.5 Å². The molecule has 1 aliphatic rings. The third kappa shape index (κ3) is 2.59. The van der Waals surface area contributed by atoms with Crippen LogP contribution in [0.5, 0.6) is 0 Å². The number of sulfonamides is 1. The zero-order valence-electron chi connectivity index (χ0n) is 11.0. The number of nitrogen functional groups attached to an aromatic ring is 1. The number of nitro groups is 1. The van der Waals surface area contributed by atoms with Crippen molar-refractivity contribution in [2.24, 2.45) is 0 Å². The summed E-state index contributed by atoms with van der Waals surface area (Å²) in [6.45, 7) is 2.25. The molecule has 1 aromatic rings. The van der Waals surface area contributed by atoms with Crippen LogP contribution in [0.1, 0.15) is 26.2 Å². The SMILES string of the molecule is CC1CCCCN1S(=O)(=O)c1cnc(N)c([N+](=O)[O-])c1. The van der Waals surface area contributed by atoms with Crippen molar-refractivity contribution in [3.63, 3.8) is 0 Å². The van der Waals surface area contributed by atoms with Crippen molar-refractivity contribution < 1.29 is 13.3 Å². The molecule has 0 aliphatic carbocycles. The average Bonchev–Trinajstić information content (AvgIpc) is 2.38. The molecule has 2 heterocycles. The number of nitrogens with two attached hydrogens (primary N) is 1. The Labute approximate surface area is 116 Å². The zero-order valence-corrected chi connectivity index (χ0v) is 11.8. The molecule has 0 saturated carbocycles. The minimum absolute atomic E-state index is 0.120. The highest BCUT2D eigenvalue weighted by molar-refractivity contribution is 7.89. The van der Waals surface area contributed by atoms with E-state index in [1.165, 1.54) is 4.31 Å². The molecular weight excluding hydrogens is 284 g/mol. The Morgan fingerprint density at radius 1 is 1.50 bits per heavy atom. The molecule has 1 aromatic heterocycles. The predicted molar refractivity (Wildman–Crippen MR) is 72.5 cm³/mol. The monoisotopic (exact) mass is 300 g/mol. The van der Waals surface area contributed by atoms with E-state index in [-0.39, 0.29) is 16.8 Å². The highest BCUT2D eigenvalue weighted by Crippen LogP contribution is 2.28. The fourth-order valence-corrected chi connectivity index (χ4v) is 3.96. The maximum absolute atomic E-state index is 12.5. The second kappa shape index (κ2) is 5.33. The molecule has 2 rings (SSSR count). The van der Waals surface area contributed by atoms with Crippen LogP contribution in [0.2, 0.25) is 0 Å². The van der Waals surface area contributed by atoms with Gasteiger partial charge < -0.3 is 5.73 Å². The maximum Gasteiger partial charge on any atom is 0.312 e. The molecule has 1 aliphatic heterocycles. The molecule has 1 fully saturated rings. The second-order valence-electron chi connectivity index (χ2n) is 4.79. The Morgan fingerprint density at radius 2 is 2.20 bits per heavy atom. The molecule has 2 N–H and O–H groups in total. The fourth-order valence-electron chi connectivity index (χ4n) is 2.30.